The normalized spacial score (nSPS) is 13.3. The van der Waals surface area contributed by atoms with Gasteiger partial charge >= 0.3 is 0 Å². The molecule has 0 saturated heterocycles. The molecular formula is C41H24N4S2. The molecule has 2 aliphatic carbocycles. The first-order chi connectivity index (χ1) is 23.3. The van der Waals surface area contributed by atoms with Crippen molar-refractivity contribution in [1.29, 1.82) is 0 Å². The van der Waals surface area contributed by atoms with Crippen molar-refractivity contribution in [3.05, 3.63) is 168 Å². The molecule has 4 heterocycles. The van der Waals surface area contributed by atoms with E-state index in [9.17, 15) is 0 Å². The topological polar surface area (TPSA) is 51.6 Å². The van der Waals surface area contributed by atoms with Crippen LogP contribution in [0.4, 0.5) is 0 Å². The molecule has 0 saturated carbocycles. The first kappa shape index (κ1) is 26.6. The number of aromatic nitrogens is 4. The lowest BCUT2D eigenvalue weighted by atomic mass is 9.70. The van der Waals surface area contributed by atoms with Crippen LogP contribution < -0.4 is 0 Å². The van der Waals surface area contributed by atoms with E-state index in [1.165, 1.54) is 44.5 Å². The Bertz CT molecular complexity index is 2310. The number of hydrogen-bond acceptors (Lipinski definition) is 6. The third kappa shape index (κ3) is 3.86. The maximum absolute atomic E-state index is 4.65. The molecule has 0 radical (unpaired) electrons. The zero-order valence-electron chi connectivity index (χ0n) is 25.0. The van der Waals surface area contributed by atoms with Gasteiger partial charge in [-0.25, -0.2) is 0 Å². The van der Waals surface area contributed by atoms with Crippen molar-refractivity contribution in [2.45, 2.75) is 5.41 Å². The average molecular weight is 637 g/mol. The maximum Gasteiger partial charge on any atom is 0.0797 e. The molecular weight excluding hydrogens is 613 g/mol. The molecule has 4 aromatic heterocycles. The van der Waals surface area contributed by atoms with E-state index in [1.54, 1.807) is 22.7 Å². The highest BCUT2D eigenvalue weighted by Crippen LogP contribution is 2.63. The summed E-state index contributed by atoms with van der Waals surface area (Å²) in [4.78, 5) is 20.1. The summed E-state index contributed by atoms with van der Waals surface area (Å²) in [6.45, 7) is 0. The standard InChI is InChI=1S/C41H24N4S2/c1-3-7-35-31(5-1)32-6-2-4-8-36(32)41(35)37-15-25(27-13-29(19-42-17-27)39-21-44-23-46-39)9-11-33(37)34-12-10-26(16-38(34)41)28-14-30(20-43-18-28)40-22-45-24-47-40/h1-24H. The number of pyridine rings is 2. The molecule has 0 fully saturated rings. The van der Waals surface area contributed by atoms with Crippen LogP contribution in [0, 0.1) is 0 Å². The van der Waals surface area contributed by atoms with Gasteiger partial charge in [0.25, 0.3) is 0 Å². The second-order valence-electron chi connectivity index (χ2n) is 12.0. The molecule has 0 unspecified atom stereocenters. The van der Waals surface area contributed by atoms with Crippen LogP contribution in [-0.2, 0) is 5.41 Å². The van der Waals surface area contributed by atoms with Gasteiger partial charge < -0.3 is 0 Å². The highest BCUT2D eigenvalue weighted by molar-refractivity contribution is 7.13. The van der Waals surface area contributed by atoms with E-state index in [-0.39, 0.29) is 0 Å². The first-order valence-corrected chi connectivity index (χ1v) is 17.2. The van der Waals surface area contributed by atoms with Gasteiger partial charge in [0.15, 0.2) is 0 Å². The molecule has 0 N–H and O–H groups in total. The van der Waals surface area contributed by atoms with Crippen LogP contribution in [-0.4, -0.2) is 19.9 Å². The molecule has 10 rings (SSSR count). The van der Waals surface area contributed by atoms with Gasteiger partial charge in [-0.05, 0) is 79.9 Å². The molecule has 0 atom stereocenters. The average Bonchev–Trinajstić information content (AvgIpc) is 3.96. The Morgan fingerprint density at radius 3 is 1.28 bits per heavy atom. The second kappa shape index (κ2) is 10.2. The fraction of sp³-hybridized carbons (Fsp3) is 0.0244. The van der Waals surface area contributed by atoms with Crippen LogP contribution in [0.2, 0.25) is 0 Å². The molecule has 0 bridgehead atoms. The molecule has 4 nitrogen and oxygen atoms in total. The van der Waals surface area contributed by atoms with Crippen molar-refractivity contribution in [2.24, 2.45) is 0 Å². The van der Waals surface area contributed by atoms with Crippen LogP contribution >= 0.6 is 22.7 Å². The Morgan fingerprint density at radius 1 is 0.362 bits per heavy atom. The van der Waals surface area contributed by atoms with Gasteiger partial charge in [0.1, 0.15) is 0 Å². The van der Waals surface area contributed by atoms with Crippen LogP contribution in [0.1, 0.15) is 22.3 Å². The highest BCUT2D eigenvalue weighted by atomic mass is 32.1. The predicted octanol–water partition coefficient (Wildman–Crippen LogP) is 10.4. The Balaban J connectivity index is 1.22. The van der Waals surface area contributed by atoms with Crippen LogP contribution in [0.25, 0.3) is 65.4 Å². The van der Waals surface area contributed by atoms with E-state index in [4.69, 9.17) is 0 Å². The Labute approximate surface area is 279 Å². The van der Waals surface area contributed by atoms with E-state index < -0.39 is 5.41 Å². The summed E-state index contributed by atoms with van der Waals surface area (Å²) in [6, 6.07) is 36.3. The third-order valence-electron chi connectivity index (χ3n) is 9.67. The van der Waals surface area contributed by atoms with Crippen molar-refractivity contribution in [3.63, 3.8) is 0 Å². The molecule has 0 amide bonds. The van der Waals surface area contributed by atoms with Gasteiger partial charge in [-0.1, -0.05) is 72.8 Å². The zero-order chi connectivity index (χ0) is 31.0. The SMILES string of the molecule is c1ccc2c(c1)-c1ccccc1C21c2cc(-c3cncc(-c4cncs4)c3)ccc2-c2ccc(-c3cncc(-c4cncs4)c3)cc21. The third-order valence-corrected chi connectivity index (χ3v) is 11.3. The van der Waals surface area contributed by atoms with Gasteiger partial charge in [-0.2, -0.15) is 0 Å². The Kier molecular flexibility index (Phi) is 5.79. The van der Waals surface area contributed by atoms with E-state index >= 15 is 0 Å². The lowest BCUT2D eigenvalue weighted by Crippen LogP contribution is -2.26. The summed E-state index contributed by atoms with van der Waals surface area (Å²) in [6.07, 6.45) is 11.6. The van der Waals surface area contributed by atoms with Gasteiger partial charge in [-0.3, -0.25) is 19.9 Å². The number of fused-ring (bicyclic) bond motifs is 10. The smallest absolute Gasteiger partial charge is 0.0797 e. The molecule has 220 valence electrons. The summed E-state index contributed by atoms with van der Waals surface area (Å²) in [5.41, 5.74) is 20.3. The maximum atomic E-state index is 4.65. The van der Waals surface area contributed by atoms with Crippen molar-refractivity contribution in [3.8, 4) is 65.4 Å². The molecule has 6 heteroatoms. The Morgan fingerprint density at radius 2 is 0.809 bits per heavy atom. The van der Waals surface area contributed by atoms with E-state index in [2.05, 4.69) is 117 Å². The van der Waals surface area contributed by atoms with Gasteiger partial charge in [0.05, 0.1) is 26.2 Å². The van der Waals surface area contributed by atoms with Gasteiger partial charge in [-0.15, -0.1) is 22.7 Å². The summed E-state index contributed by atoms with van der Waals surface area (Å²) in [7, 11) is 0. The van der Waals surface area contributed by atoms with Crippen LogP contribution in [0.3, 0.4) is 0 Å². The first-order valence-electron chi connectivity index (χ1n) is 15.5. The van der Waals surface area contributed by atoms with E-state index in [1.807, 2.05) is 48.2 Å². The fourth-order valence-corrected chi connectivity index (χ4v) is 8.89. The lowest BCUT2D eigenvalue weighted by Gasteiger charge is -2.31. The van der Waals surface area contributed by atoms with Crippen molar-refractivity contribution < 1.29 is 0 Å². The van der Waals surface area contributed by atoms with Crippen LogP contribution in [0.15, 0.2) is 145 Å². The summed E-state index contributed by atoms with van der Waals surface area (Å²) in [5, 5.41) is 0. The van der Waals surface area contributed by atoms with E-state index in [0.717, 1.165) is 43.1 Å². The monoisotopic (exact) mass is 636 g/mol. The molecule has 0 aliphatic heterocycles. The molecule has 4 aromatic carbocycles. The molecule has 8 aromatic rings. The predicted molar refractivity (Wildman–Crippen MR) is 191 cm³/mol. The molecule has 1 spiro atoms. The van der Waals surface area contributed by atoms with Crippen molar-refractivity contribution >= 4 is 22.7 Å². The number of thiazole rings is 2. The fourth-order valence-electron chi connectivity index (χ4n) is 7.68. The largest absolute Gasteiger partial charge is 0.263 e. The summed E-state index contributed by atoms with van der Waals surface area (Å²) >= 11 is 3.27. The van der Waals surface area contributed by atoms with Gasteiger partial charge in [0, 0.05) is 59.4 Å². The highest BCUT2D eigenvalue weighted by Gasteiger charge is 2.51. The zero-order valence-corrected chi connectivity index (χ0v) is 26.6. The minimum absolute atomic E-state index is 0.463. The summed E-state index contributed by atoms with van der Waals surface area (Å²) < 4.78 is 0. The number of hydrogen-bond donors (Lipinski definition) is 0. The number of rotatable bonds is 4. The van der Waals surface area contributed by atoms with Gasteiger partial charge in [0.2, 0.25) is 0 Å². The molecule has 47 heavy (non-hydrogen) atoms. The number of benzene rings is 4. The Hall–Kier alpha value is -5.56. The number of nitrogens with zero attached hydrogens (tertiary/aromatic N) is 4. The quantitative estimate of drug-likeness (QED) is 0.193. The van der Waals surface area contributed by atoms with E-state index in [0.29, 0.717) is 0 Å². The minimum atomic E-state index is -0.463. The van der Waals surface area contributed by atoms with Crippen LogP contribution in [0.5, 0.6) is 0 Å². The second-order valence-corrected chi connectivity index (χ2v) is 13.8. The lowest BCUT2D eigenvalue weighted by molar-refractivity contribution is 0.794. The minimum Gasteiger partial charge on any atom is -0.263 e. The molecule has 2 aliphatic rings. The van der Waals surface area contributed by atoms with Crippen molar-refractivity contribution in [1.82, 2.24) is 19.9 Å². The summed E-state index contributed by atoms with van der Waals surface area (Å²) in [5.74, 6) is 0. The van der Waals surface area contributed by atoms with Crippen molar-refractivity contribution in [2.75, 3.05) is 0 Å².